The number of aromatic nitrogens is 4. The lowest BCUT2D eigenvalue weighted by Gasteiger charge is -2.45. The first kappa shape index (κ1) is 17.8. The molecule has 148 valence electrons. The maximum Gasteiger partial charge on any atom is 0.252 e. The van der Waals surface area contributed by atoms with Crippen LogP contribution in [0.2, 0.25) is 0 Å². The highest BCUT2D eigenvalue weighted by atomic mass is 19.1. The number of anilines is 2. The lowest BCUT2D eigenvalue weighted by molar-refractivity contribution is -0.123. The van der Waals surface area contributed by atoms with Crippen molar-refractivity contribution in [1.29, 1.82) is 0 Å². The van der Waals surface area contributed by atoms with Gasteiger partial charge in [0.1, 0.15) is 22.9 Å². The van der Waals surface area contributed by atoms with Gasteiger partial charge in [-0.05, 0) is 31.4 Å². The first-order valence-corrected chi connectivity index (χ1v) is 9.77. The van der Waals surface area contributed by atoms with Crippen molar-refractivity contribution in [3.8, 4) is 17.3 Å². The highest BCUT2D eigenvalue weighted by Crippen LogP contribution is 2.45. The van der Waals surface area contributed by atoms with Crippen LogP contribution < -0.4 is 9.80 Å². The van der Waals surface area contributed by atoms with E-state index in [0.717, 1.165) is 31.6 Å². The second-order valence-electron chi connectivity index (χ2n) is 7.51. The number of carbonyl (C=O) groups is 1. The molecule has 0 bridgehead atoms. The maximum absolute atomic E-state index is 13.7. The van der Waals surface area contributed by atoms with E-state index in [1.165, 1.54) is 12.1 Å². The van der Waals surface area contributed by atoms with Crippen molar-refractivity contribution < 1.29 is 9.18 Å². The molecule has 1 amide bonds. The number of benzene rings is 1. The zero-order valence-corrected chi connectivity index (χ0v) is 16.3. The molecule has 1 unspecified atom stereocenters. The monoisotopic (exact) mass is 392 g/mol. The van der Waals surface area contributed by atoms with Gasteiger partial charge in [-0.25, -0.2) is 14.4 Å². The van der Waals surface area contributed by atoms with Crippen molar-refractivity contribution in [2.24, 2.45) is 0 Å². The van der Waals surface area contributed by atoms with E-state index in [-0.39, 0.29) is 11.7 Å². The summed E-state index contributed by atoms with van der Waals surface area (Å²) < 4.78 is 15.5. The van der Waals surface area contributed by atoms with Crippen molar-refractivity contribution in [1.82, 2.24) is 19.5 Å². The molecule has 5 rings (SSSR count). The van der Waals surface area contributed by atoms with Crippen LogP contribution in [0.4, 0.5) is 15.9 Å². The number of likely N-dealkylation sites (N-methyl/N-ethyl adjacent to an activating group) is 1. The molecule has 2 aliphatic heterocycles. The van der Waals surface area contributed by atoms with Gasteiger partial charge in [0, 0.05) is 31.5 Å². The SMILES string of the molecule is CCC12CCCN1c1nc(-n3ccnc3-c3cccc(F)c3)ncc1N(C)C2=O. The van der Waals surface area contributed by atoms with Crippen molar-refractivity contribution >= 4 is 17.4 Å². The summed E-state index contributed by atoms with van der Waals surface area (Å²) in [6, 6.07) is 6.29. The lowest BCUT2D eigenvalue weighted by atomic mass is 9.89. The van der Waals surface area contributed by atoms with Crippen LogP contribution in [0.1, 0.15) is 26.2 Å². The third kappa shape index (κ3) is 2.48. The summed E-state index contributed by atoms with van der Waals surface area (Å²) in [6.07, 6.45) is 7.59. The van der Waals surface area contributed by atoms with Crippen LogP contribution in [-0.4, -0.2) is 44.6 Å². The minimum atomic E-state index is -0.534. The smallest absolute Gasteiger partial charge is 0.252 e. The van der Waals surface area contributed by atoms with E-state index in [9.17, 15) is 9.18 Å². The molecule has 1 fully saturated rings. The molecule has 0 N–H and O–H groups in total. The van der Waals surface area contributed by atoms with Crippen molar-refractivity contribution in [3.05, 3.63) is 48.7 Å². The topological polar surface area (TPSA) is 67.2 Å². The van der Waals surface area contributed by atoms with E-state index >= 15 is 0 Å². The molecule has 0 spiro atoms. The Kier molecular flexibility index (Phi) is 3.90. The standard InChI is InChI=1S/C21H21FN6O/c1-3-21-8-5-10-28(21)18-16(26(2)19(21)29)13-24-20(25-18)27-11-9-23-17(27)14-6-4-7-15(22)12-14/h4,6-7,9,11-13H,3,5,8,10H2,1-2H3. The summed E-state index contributed by atoms with van der Waals surface area (Å²) in [7, 11) is 1.78. The van der Waals surface area contributed by atoms with E-state index in [2.05, 4.69) is 21.8 Å². The summed E-state index contributed by atoms with van der Waals surface area (Å²) in [5.41, 5.74) is 0.818. The molecule has 3 aromatic rings. The molecule has 8 heteroatoms. The fraction of sp³-hybridized carbons (Fsp3) is 0.333. The Labute approximate surface area is 167 Å². The summed E-state index contributed by atoms with van der Waals surface area (Å²) in [4.78, 5) is 30.6. The molecule has 2 aromatic heterocycles. The van der Waals surface area contributed by atoms with Crippen molar-refractivity contribution in [3.63, 3.8) is 0 Å². The number of fused-ring (bicyclic) bond motifs is 3. The van der Waals surface area contributed by atoms with Gasteiger partial charge in [0.05, 0.1) is 6.20 Å². The molecular weight excluding hydrogens is 371 g/mol. The molecule has 0 saturated carbocycles. The van der Waals surface area contributed by atoms with Gasteiger partial charge in [-0.3, -0.25) is 9.36 Å². The van der Waals surface area contributed by atoms with Gasteiger partial charge in [-0.1, -0.05) is 19.1 Å². The Morgan fingerprint density at radius 1 is 1.28 bits per heavy atom. The van der Waals surface area contributed by atoms with Gasteiger partial charge < -0.3 is 9.80 Å². The number of amides is 1. The quantitative estimate of drug-likeness (QED) is 0.685. The Bertz CT molecular complexity index is 1110. The number of rotatable bonds is 3. The molecule has 4 heterocycles. The van der Waals surface area contributed by atoms with Crippen molar-refractivity contribution in [2.45, 2.75) is 31.7 Å². The molecule has 1 aromatic carbocycles. The van der Waals surface area contributed by atoms with E-state index in [1.807, 2.05) is 0 Å². The largest absolute Gasteiger partial charge is 0.340 e. The predicted octanol–water partition coefficient (Wildman–Crippen LogP) is 3.19. The first-order valence-electron chi connectivity index (χ1n) is 9.77. The Morgan fingerprint density at radius 3 is 2.93 bits per heavy atom. The highest BCUT2D eigenvalue weighted by molar-refractivity contribution is 6.07. The number of carbonyl (C=O) groups excluding carboxylic acids is 1. The third-order valence-corrected chi connectivity index (χ3v) is 6.07. The maximum atomic E-state index is 13.7. The van der Waals surface area contributed by atoms with E-state index in [1.54, 1.807) is 47.2 Å². The van der Waals surface area contributed by atoms with Gasteiger partial charge in [-0.15, -0.1) is 0 Å². The molecule has 0 radical (unpaired) electrons. The third-order valence-electron chi connectivity index (χ3n) is 6.07. The fourth-order valence-corrected chi connectivity index (χ4v) is 4.56. The van der Waals surface area contributed by atoms with Crippen LogP contribution in [0.3, 0.4) is 0 Å². The number of hydrogen-bond donors (Lipinski definition) is 0. The number of imidazole rings is 1. The fourth-order valence-electron chi connectivity index (χ4n) is 4.56. The van der Waals surface area contributed by atoms with Crippen LogP contribution >= 0.6 is 0 Å². The summed E-state index contributed by atoms with van der Waals surface area (Å²) >= 11 is 0. The Hall–Kier alpha value is -3.29. The molecular formula is C21H21FN6O. The van der Waals surface area contributed by atoms with Gasteiger partial charge in [0.15, 0.2) is 5.82 Å². The molecule has 1 saturated heterocycles. The predicted molar refractivity (Wildman–Crippen MR) is 108 cm³/mol. The summed E-state index contributed by atoms with van der Waals surface area (Å²) in [5, 5.41) is 0. The summed E-state index contributed by atoms with van der Waals surface area (Å²) in [6.45, 7) is 2.84. The van der Waals surface area contributed by atoms with Crippen LogP contribution in [0, 0.1) is 5.82 Å². The normalized spacial score (nSPS) is 20.7. The lowest BCUT2D eigenvalue weighted by Crippen LogP contribution is -2.59. The Balaban J connectivity index is 1.64. The second kappa shape index (κ2) is 6.37. The minimum Gasteiger partial charge on any atom is -0.340 e. The van der Waals surface area contributed by atoms with Crippen LogP contribution in [0.25, 0.3) is 17.3 Å². The average Bonchev–Trinajstić information content (AvgIpc) is 3.39. The van der Waals surface area contributed by atoms with Crippen molar-refractivity contribution in [2.75, 3.05) is 23.4 Å². The number of nitrogens with zero attached hydrogens (tertiary/aromatic N) is 6. The van der Waals surface area contributed by atoms with E-state index in [0.29, 0.717) is 23.0 Å². The zero-order chi connectivity index (χ0) is 20.2. The zero-order valence-electron chi connectivity index (χ0n) is 16.3. The van der Waals surface area contributed by atoms with E-state index < -0.39 is 5.54 Å². The Morgan fingerprint density at radius 2 is 2.14 bits per heavy atom. The molecule has 2 aliphatic rings. The molecule has 29 heavy (non-hydrogen) atoms. The van der Waals surface area contributed by atoms with Gasteiger partial charge >= 0.3 is 0 Å². The van der Waals surface area contributed by atoms with Gasteiger partial charge in [0.25, 0.3) is 5.91 Å². The van der Waals surface area contributed by atoms with Crippen LogP contribution in [-0.2, 0) is 4.79 Å². The molecule has 7 nitrogen and oxygen atoms in total. The average molecular weight is 392 g/mol. The van der Waals surface area contributed by atoms with Crippen LogP contribution in [0.15, 0.2) is 42.9 Å². The minimum absolute atomic E-state index is 0.101. The highest BCUT2D eigenvalue weighted by Gasteiger charge is 2.52. The second-order valence-corrected chi connectivity index (χ2v) is 7.51. The number of hydrogen-bond acceptors (Lipinski definition) is 5. The van der Waals surface area contributed by atoms with Gasteiger partial charge in [0.2, 0.25) is 5.95 Å². The van der Waals surface area contributed by atoms with Gasteiger partial charge in [-0.2, -0.15) is 4.98 Å². The first-order chi connectivity index (χ1) is 14.0. The van der Waals surface area contributed by atoms with E-state index in [4.69, 9.17) is 4.98 Å². The number of halogens is 1. The van der Waals surface area contributed by atoms with Crippen LogP contribution in [0.5, 0.6) is 0 Å². The molecule has 0 aliphatic carbocycles. The summed E-state index contributed by atoms with van der Waals surface area (Å²) in [5.74, 6) is 1.54. The molecule has 1 atom stereocenters.